The van der Waals surface area contributed by atoms with E-state index in [1.54, 1.807) is 19.9 Å². The Morgan fingerprint density at radius 3 is 2.47 bits per heavy atom. The molecule has 0 aliphatic heterocycles. The van der Waals surface area contributed by atoms with Gasteiger partial charge >= 0.3 is 0 Å². The lowest BCUT2D eigenvalue weighted by atomic mass is 9.75. The highest BCUT2D eigenvalue weighted by atomic mass is 16.3. The van der Waals surface area contributed by atoms with E-state index in [0.717, 1.165) is 0 Å². The number of hydrogen-bond acceptors (Lipinski definition) is 3. The number of hydrogen-bond donors (Lipinski definition) is 0. The second-order valence-corrected chi connectivity index (χ2v) is 4.74. The van der Waals surface area contributed by atoms with E-state index in [4.69, 9.17) is 4.42 Å². The third kappa shape index (κ3) is 1.49. The molecule has 90 valence electrons. The molecule has 0 N–H and O–H groups in total. The van der Waals surface area contributed by atoms with Crippen LogP contribution < -0.4 is 5.43 Å². The van der Waals surface area contributed by atoms with Gasteiger partial charge in [-0.2, -0.15) is 0 Å². The van der Waals surface area contributed by atoms with Gasteiger partial charge in [-0.3, -0.25) is 9.59 Å². The van der Waals surface area contributed by atoms with Crippen molar-refractivity contribution in [1.29, 1.82) is 0 Å². The molecule has 0 amide bonds. The van der Waals surface area contributed by atoms with Gasteiger partial charge in [0, 0.05) is 5.56 Å². The van der Waals surface area contributed by atoms with E-state index in [9.17, 15) is 9.59 Å². The van der Waals surface area contributed by atoms with Crippen molar-refractivity contribution in [3.63, 3.8) is 0 Å². The van der Waals surface area contributed by atoms with Gasteiger partial charge in [0.05, 0.1) is 11.0 Å². The Hall–Kier alpha value is -1.64. The van der Waals surface area contributed by atoms with Crippen molar-refractivity contribution in [2.45, 2.75) is 39.5 Å². The summed E-state index contributed by atoms with van der Waals surface area (Å²) < 4.78 is 5.72. The topological polar surface area (TPSA) is 47.3 Å². The molecule has 1 atom stereocenters. The maximum Gasteiger partial charge on any atom is 0.195 e. The van der Waals surface area contributed by atoms with Crippen LogP contribution in [-0.2, 0) is 10.2 Å². The number of allylic oxidation sites excluding steroid dienone is 1. The predicted molar refractivity (Wildman–Crippen MR) is 66.1 cm³/mol. The van der Waals surface area contributed by atoms with Crippen LogP contribution in [0.25, 0.3) is 6.08 Å². The summed E-state index contributed by atoms with van der Waals surface area (Å²) in [5.41, 5.74) is 0.396. The summed E-state index contributed by atoms with van der Waals surface area (Å²) in [5, 5.41) is 0. The highest BCUT2D eigenvalue weighted by Crippen LogP contribution is 2.35. The van der Waals surface area contributed by atoms with Gasteiger partial charge in [-0.25, -0.2) is 0 Å². The summed E-state index contributed by atoms with van der Waals surface area (Å²) >= 11 is 0. The van der Waals surface area contributed by atoms with E-state index >= 15 is 0 Å². The van der Waals surface area contributed by atoms with Crippen molar-refractivity contribution >= 4 is 11.9 Å². The molecule has 2 rings (SSSR count). The Bertz CT molecular complexity index is 578. The first-order valence-electron chi connectivity index (χ1n) is 5.79. The van der Waals surface area contributed by atoms with E-state index in [0.29, 0.717) is 29.1 Å². The van der Waals surface area contributed by atoms with Crippen molar-refractivity contribution in [3.8, 4) is 0 Å². The summed E-state index contributed by atoms with van der Waals surface area (Å²) in [4.78, 5) is 24.1. The molecule has 0 fully saturated rings. The molecule has 0 bridgehead atoms. The summed E-state index contributed by atoms with van der Waals surface area (Å²) in [6, 6.07) is 0. The molecule has 0 radical (unpaired) electrons. The highest BCUT2D eigenvalue weighted by Gasteiger charge is 2.39. The molecular formula is C14H16O3. The van der Waals surface area contributed by atoms with Gasteiger partial charge < -0.3 is 4.42 Å². The van der Waals surface area contributed by atoms with E-state index in [-0.39, 0.29) is 11.2 Å². The van der Waals surface area contributed by atoms with Gasteiger partial charge in [0.1, 0.15) is 11.5 Å². The highest BCUT2D eigenvalue weighted by molar-refractivity contribution is 6.04. The number of carbonyl (C=O) groups excluding carboxylic acids is 1. The first-order valence-corrected chi connectivity index (χ1v) is 5.79. The number of carbonyl (C=O) groups is 1. The van der Waals surface area contributed by atoms with Crippen molar-refractivity contribution < 1.29 is 9.21 Å². The van der Waals surface area contributed by atoms with Gasteiger partial charge in [0.15, 0.2) is 11.2 Å². The molecule has 1 aromatic rings. The number of aryl methyl sites for hydroxylation is 1. The molecule has 17 heavy (non-hydrogen) atoms. The fraction of sp³-hybridized carbons (Fsp3) is 0.429. The molecule has 3 nitrogen and oxygen atoms in total. The Morgan fingerprint density at radius 2 is 1.88 bits per heavy atom. The van der Waals surface area contributed by atoms with Crippen molar-refractivity contribution in [3.05, 3.63) is 38.9 Å². The zero-order chi connectivity index (χ0) is 12.8. The molecule has 1 aliphatic carbocycles. The SMILES string of the molecule is CC[C@@]1(C)C(=O)C=Cc2c1oc(C)c(C)c2=O. The van der Waals surface area contributed by atoms with Gasteiger partial charge in [-0.15, -0.1) is 0 Å². The van der Waals surface area contributed by atoms with Crippen molar-refractivity contribution in [1.82, 2.24) is 0 Å². The summed E-state index contributed by atoms with van der Waals surface area (Å²) in [6.07, 6.45) is 3.68. The quantitative estimate of drug-likeness (QED) is 0.747. The zero-order valence-electron chi connectivity index (χ0n) is 10.6. The Labute approximate surface area is 100 Å². The van der Waals surface area contributed by atoms with Crippen LogP contribution in [0.3, 0.4) is 0 Å². The molecule has 0 spiro atoms. The fourth-order valence-electron chi connectivity index (χ4n) is 2.10. The van der Waals surface area contributed by atoms with Gasteiger partial charge in [0.25, 0.3) is 0 Å². The first-order chi connectivity index (χ1) is 7.91. The third-order valence-electron chi connectivity index (χ3n) is 3.77. The summed E-state index contributed by atoms with van der Waals surface area (Å²) in [7, 11) is 0. The molecular weight excluding hydrogens is 216 g/mol. The summed E-state index contributed by atoms with van der Waals surface area (Å²) in [6.45, 7) is 7.26. The van der Waals surface area contributed by atoms with E-state index in [2.05, 4.69) is 0 Å². The van der Waals surface area contributed by atoms with Crippen LogP contribution in [-0.4, -0.2) is 5.78 Å². The van der Waals surface area contributed by atoms with Crippen LogP contribution in [0.4, 0.5) is 0 Å². The maximum absolute atomic E-state index is 12.1. The van der Waals surface area contributed by atoms with Crippen LogP contribution in [0.1, 0.15) is 42.9 Å². The van der Waals surface area contributed by atoms with Crippen molar-refractivity contribution in [2.24, 2.45) is 0 Å². The average molecular weight is 232 g/mol. The second kappa shape index (κ2) is 3.69. The standard InChI is InChI=1S/C14H16O3/c1-5-14(4)11(15)7-6-10-12(16)8(2)9(3)17-13(10)14/h6-7H,5H2,1-4H3/t14-/m0/s1. The molecule has 0 saturated heterocycles. The van der Waals surface area contributed by atoms with E-state index in [1.165, 1.54) is 6.08 Å². The molecule has 1 aliphatic rings. The van der Waals surface area contributed by atoms with Crippen LogP contribution >= 0.6 is 0 Å². The lowest BCUT2D eigenvalue weighted by Gasteiger charge is -2.28. The molecule has 0 aromatic carbocycles. The normalized spacial score (nSPS) is 22.7. The molecule has 0 unspecified atom stereocenters. The number of fused-ring (bicyclic) bond motifs is 1. The smallest absolute Gasteiger partial charge is 0.195 e. The van der Waals surface area contributed by atoms with Crippen LogP contribution in [0.15, 0.2) is 15.3 Å². The Kier molecular flexibility index (Phi) is 2.57. The molecule has 0 saturated carbocycles. The van der Waals surface area contributed by atoms with Crippen LogP contribution in [0, 0.1) is 13.8 Å². The summed E-state index contributed by atoms with van der Waals surface area (Å²) in [5.74, 6) is 1.11. The van der Waals surface area contributed by atoms with E-state index < -0.39 is 5.41 Å². The number of ketones is 1. The van der Waals surface area contributed by atoms with E-state index in [1.807, 2.05) is 13.8 Å². The minimum Gasteiger partial charge on any atom is -0.464 e. The minimum absolute atomic E-state index is 0.00102. The lowest BCUT2D eigenvalue weighted by molar-refractivity contribution is -0.120. The average Bonchev–Trinajstić information content (AvgIpc) is 2.32. The first kappa shape index (κ1) is 11.8. The third-order valence-corrected chi connectivity index (χ3v) is 3.77. The predicted octanol–water partition coefficient (Wildman–Crippen LogP) is 2.52. The van der Waals surface area contributed by atoms with Crippen LogP contribution in [0.2, 0.25) is 0 Å². The monoisotopic (exact) mass is 232 g/mol. The maximum atomic E-state index is 12.1. The van der Waals surface area contributed by atoms with Gasteiger partial charge in [0.2, 0.25) is 0 Å². The number of rotatable bonds is 1. The Morgan fingerprint density at radius 1 is 1.24 bits per heavy atom. The Balaban J connectivity index is 2.85. The molecule has 1 heterocycles. The zero-order valence-corrected chi connectivity index (χ0v) is 10.6. The lowest BCUT2D eigenvalue weighted by Crippen LogP contribution is -2.36. The minimum atomic E-state index is -0.707. The molecule has 1 aromatic heterocycles. The fourth-order valence-corrected chi connectivity index (χ4v) is 2.10. The van der Waals surface area contributed by atoms with Crippen LogP contribution in [0.5, 0.6) is 0 Å². The second-order valence-electron chi connectivity index (χ2n) is 4.74. The van der Waals surface area contributed by atoms with Gasteiger partial charge in [-0.1, -0.05) is 6.92 Å². The van der Waals surface area contributed by atoms with Crippen molar-refractivity contribution in [2.75, 3.05) is 0 Å². The van der Waals surface area contributed by atoms with Gasteiger partial charge in [-0.05, 0) is 39.3 Å². The molecule has 3 heteroatoms. The largest absolute Gasteiger partial charge is 0.464 e.